The monoisotopic (exact) mass is 389 g/mol. The lowest BCUT2D eigenvalue weighted by atomic mass is 9.70. The molecule has 8 heteroatoms. The highest BCUT2D eigenvalue weighted by atomic mass is 35.5. The zero-order chi connectivity index (χ0) is 18.9. The minimum absolute atomic E-state index is 0.0787. The first-order valence-corrected chi connectivity index (χ1v) is 8.28. The largest absolute Gasteiger partial charge is 0.368 e. The number of primary amides is 1. The molecule has 0 aliphatic rings. The second-order valence-corrected chi connectivity index (χ2v) is 6.38. The van der Waals surface area contributed by atoms with Crippen molar-refractivity contribution in [3.8, 4) is 0 Å². The minimum atomic E-state index is -1.76. The number of benzene rings is 2. The van der Waals surface area contributed by atoms with Crippen molar-refractivity contribution < 1.29 is 9.72 Å². The number of carbonyl (C=O) groups excluding carboxylic acids is 1. The van der Waals surface area contributed by atoms with Gasteiger partial charge in [-0.25, -0.2) is 0 Å². The molecule has 132 valence electrons. The molecule has 0 saturated heterocycles. The van der Waals surface area contributed by atoms with Crippen LogP contribution in [-0.4, -0.2) is 15.8 Å². The number of aromatic nitrogens is 1. The van der Waals surface area contributed by atoms with Crippen LogP contribution in [0.15, 0.2) is 60.8 Å². The second kappa shape index (κ2) is 6.82. The van der Waals surface area contributed by atoms with Crippen LogP contribution in [0.1, 0.15) is 16.8 Å². The van der Waals surface area contributed by atoms with Gasteiger partial charge in [0.05, 0.1) is 10.5 Å². The van der Waals surface area contributed by atoms with E-state index >= 15 is 0 Å². The van der Waals surface area contributed by atoms with E-state index in [0.717, 1.165) is 0 Å². The van der Waals surface area contributed by atoms with Crippen LogP contribution >= 0.6 is 23.2 Å². The molecule has 0 aliphatic carbocycles. The summed E-state index contributed by atoms with van der Waals surface area (Å²) in [6.07, 6.45) is 1.59. The van der Waals surface area contributed by atoms with Crippen LogP contribution < -0.4 is 5.73 Å². The minimum Gasteiger partial charge on any atom is -0.368 e. The summed E-state index contributed by atoms with van der Waals surface area (Å²) in [5.41, 5.74) is 4.40. The van der Waals surface area contributed by atoms with Gasteiger partial charge in [-0.2, -0.15) is 0 Å². The summed E-state index contributed by atoms with van der Waals surface area (Å²) >= 11 is 12.8. The molecule has 1 atom stereocenters. The van der Waals surface area contributed by atoms with Crippen LogP contribution in [-0.2, 0) is 10.2 Å². The van der Waals surface area contributed by atoms with E-state index in [2.05, 4.69) is 4.98 Å². The number of aromatic amines is 1. The number of para-hydroxylation sites is 1. The molecule has 0 radical (unpaired) electrons. The predicted molar refractivity (Wildman–Crippen MR) is 99.4 cm³/mol. The van der Waals surface area contributed by atoms with Gasteiger partial charge in [0, 0.05) is 33.6 Å². The van der Waals surface area contributed by atoms with Gasteiger partial charge < -0.3 is 10.7 Å². The molecule has 1 unspecified atom stereocenters. The molecule has 3 N–H and O–H groups in total. The highest BCUT2D eigenvalue weighted by Gasteiger charge is 2.49. The fraction of sp³-hybridized carbons (Fsp3) is 0.0556. The van der Waals surface area contributed by atoms with Crippen LogP contribution in [0.2, 0.25) is 10.0 Å². The number of H-pyrrole nitrogens is 1. The van der Waals surface area contributed by atoms with E-state index in [4.69, 9.17) is 28.9 Å². The first kappa shape index (κ1) is 18.0. The predicted octanol–water partition coefficient (Wildman–Crippen LogP) is 4.05. The third-order valence-corrected chi connectivity index (χ3v) is 4.84. The Morgan fingerprint density at radius 2 is 1.69 bits per heavy atom. The van der Waals surface area contributed by atoms with Crippen LogP contribution in [0.5, 0.6) is 0 Å². The summed E-state index contributed by atoms with van der Waals surface area (Å²) in [6, 6.07) is 13.9. The van der Waals surface area contributed by atoms with Gasteiger partial charge >= 0.3 is 0 Å². The van der Waals surface area contributed by atoms with E-state index < -0.39 is 16.2 Å². The number of halogens is 2. The Bertz CT molecular complexity index is 969. The number of nitrogens with two attached hydrogens (primary N) is 1. The molecule has 26 heavy (non-hydrogen) atoms. The first-order valence-electron chi connectivity index (χ1n) is 7.52. The Labute approximate surface area is 158 Å². The van der Waals surface area contributed by atoms with Crippen molar-refractivity contribution in [3.63, 3.8) is 0 Å². The van der Waals surface area contributed by atoms with Gasteiger partial charge in [0.2, 0.25) is 5.91 Å². The van der Waals surface area contributed by atoms with Crippen molar-refractivity contribution in [2.75, 3.05) is 0 Å². The summed E-state index contributed by atoms with van der Waals surface area (Å²) in [6.45, 7) is 0. The zero-order valence-corrected chi connectivity index (χ0v) is 14.8. The van der Waals surface area contributed by atoms with Crippen LogP contribution in [0.3, 0.4) is 0 Å². The van der Waals surface area contributed by atoms with E-state index in [1.807, 2.05) is 0 Å². The lowest BCUT2D eigenvalue weighted by molar-refractivity contribution is -0.385. The van der Waals surface area contributed by atoms with Crippen molar-refractivity contribution >= 4 is 34.8 Å². The molecule has 0 saturated carbocycles. The molecule has 6 nitrogen and oxygen atoms in total. The molecular formula is C18H13Cl2N3O3. The molecule has 1 heterocycles. The molecule has 0 bridgehead atoms. The van der Waals surface area contributed by atoms with E-state index in [1.54, 1.807) is 42.6 Å². The summed E-state index contributed by atoms with van der Waals surface area (Å²) in [5.74, 6) is -0.843. The smallest absolute Gasteiger partial charge is 0.274 e. The standard InChI is InChI=1S/C18H13Cl2N3O3/c19-12-6-3-7-13(20)16(12)18(17(21)24,15-9-4-10-22-15)11-5-1-2-8-14(11)23(25)26/h1-10,22H,(H2,21,24). The Morgan fingerprint density at radius 1 is 1.04 bits per heavy atom. The van der Waals surface area contributed by atoms with Gasteiger partial charge in [-0.1, -0.05) is 47.5 Å². The van der Waals surface area contributed by atoms with Crippen molar-refractivity contribution in [1.29, 1.82) is 0 Å². The normalized spacial score (nSPS) is 13.2. The van der Waals surface area contributed by atoms with Gasteiger partial charge in [0.1, 0.15) is 5.41 Å². The number of nitro groups is 1. The molecule has 1 amide bonds. The lowest BCUT2D eigenvalue weighted by Gasteiger charge is -2.32. The maximum atomic E-state index is 12.9. The number of nitrogens with one attached hydrogen (secondary N) is 1. The van der Waals surface area contributed by atoms with Crippen molar-refractivity contribution in [2.45, 2.75) is 5.41 Å². The highest BCUT2D eigenvalue weighted by Crippen LogP contribution is 2.47. The maximum Gasteiger partial charge on any atom is 0.274 e. The summed E-state index contributed by atoms with van der Waals surface area (Å²) < 4.78 is 0. The van der Waals surface area contributed by atoms with Crippen molar-refractivity contribution in [1.82, 2.24) is 4.98 Å². The van der Waals surface area contributed by atoms with Gasteiger partial charge in [0.15, 0.2) is 0 Å². The zero-order valence-electron chi connectivity index (χ0n) is 13.3. The topological polar surface area (TPSA) is 102 Å². The quantitative estimate of drug-likeness (QED) is 0.508. The number of nitrogens with zero attached hydrogens (tertiary/aromatic N) is 1. The van der Waals surface area contributed by atoms with E-state index in [1.165, 1.54) is 18.2 Å². The number of hydrogen-bond donors (Lipinski definition) is 2. The third kappa shape index (κ3) is 2.64. The molecular weight excluding hydrogens is 377 g/mol. The molecule has 3 aromatic rings. The van der Waals surface area contributed by atoms with Gasteiger partial charge in [-0.3, -0.25) is 14.9 Å². The SMILES string of the molecule is NC(=O)C(c1ccc[nH]1)(c1ccccc1[N+](=O)[O-])c1c(Cl)cccc1Cl. The van der Waals surface area contributed by atoms with E-state index in [-0.39, 0.29) is 26.9 Å². The Balaban J connectivity index is 2.54. The number of amides is 1. The number of carbonyl (C=O) groups is 1. The fourth-order valence-electron chi connectivity index (χ4n) is 3.17. The first-order chi connectivity index (χ1) is 12.4. The molecule has 3 rings (SSSR count). The van der Waals surface area contributed by atoms with E-state index in [9.17, 15) is 14.9 Å². The molecule has 0 fully saturated rings. The summed E-state index contributed by atoms with van der Waals surface area (Å²) in [5, 5.41) is 12.0. The Hall–Kier alpha value is -2.83. The number of nitro benzene ring substituents is 1. The van der Waals surface area contributed by atoms with Gasteiger partial charge in [0.25, 0.3) is 5.69 Å². The third-order valence-electron chi connectivity index (χ3n) is 4.21. The number of rotatable bonds is 5. The summed E-state index contributed by atoms with van der Waals surface area (Å²) in [7, 11) is 0. The van der Waals surface area contributed by atoms with Crippen LogP contribution in [0.25, 0.3) is 0 Å². The maximum absolute atomic E-state index is 12.9. The van der Waals surface area contributed by atoms with Gasteiger partial charge in [-0.15, -0.1) is 0 Å². The summed E-state index contributed by atoms with van der Waals surface area (Å²) in [4.78, 5) is 26.9. The molecule has 0 aliphatic heterocycles. The average Bonchev–Trinajstić information content (AvgIpc) is 3.12. The van der Waals surface area contributed by atoms with Gasteiger partial charge in [-0.05, 0) is 24.3 Å². The van der Waals surface area contributed by atoms with Crippen LogP contribution in [0, 0.1) is 10.1 Å². The fourth-order valence-corrected chi connectivity index (χ4v) is 3.85. The van der Waals surface area contributed by atoms with Crippen molar-refractivity contribution in [3.05, 3.63) is 97.8 Å². The molecule has 1 aromatic heterocycles. The number of hydrogen-bond acceptors (Lipinski definition) is 3. The lowest BCUT2D eigenvalue weighted by Crippen LogP contribution is -2.44. The highest BCUT2D eigenvalue weighted by molar-refractivity contribution is 6.37. The van der Waals surface area contributed by atoms with Crippen molar-refractivity contribution in [2.24, 2.45) is 5.73 Å². The Morgan fingerprint density at radius 3 is 2.23 bits per heavy atom. The Kier molecular flexibility index (Phi) is 4.71. The average molecular weight is 390 g/mol. The molecule has 2 aromatic carbocycles. The molecule has 0 spiro atoms. The van der Waals surface area contributed by atoms with Crippen LogP contribution in [0.4, 0.5) is 5.69 Å². The van der Waals surface area contributed by atoms with E-state index in [0.29, 0.717) is 5.69 Å². The second-order valence-electron chi connectivity index (χ2n) is 5.57.